The Kier molecular flexibility index (Phi) is 7.77. The summed E-state index contributed by atoms with van der Waals surface area (Å²) in [4.78, 5) is 19.6. The maximum absolute atomic E-state index is 13.3. The molecule has 4 aromatic rings. The molecular formula is C31H33N4O3+. The molecule has 0 bridgehead atoms. The molecule has 1 aliphatic rings. The van der Waals surface area contributed by atoms with E-state index in [-0.39, 0.29) is 5.91 Å². The average Bonchev–Trinajstić information content (AvgIpc) is 2.94. The van der Waals surface area contributed by atoms with Gasteiger partial charge in [0.05, 0.1) is 43.3 Å². The summed E-state index contributed by atoms with van der Waals surface area (Å²) in [5.74, 6) is 0.574. The number of fused-ring (bicyclic) bond motifs is 1. The Balaban J connectivity index is 1.39. The number of aromatic nitrogens is 1. The SMILES string of the molecule is COc1ccc(/C=N\NC(=O)c2cc(-c3cc(C)ccc3C)nc3ccccc23)cc1C[NH+]1CCOCC1. The molecule has 0 spiro atoms. The molecule has 1 amide bonds. The number of para-hydroxylation sites is 1. The molecule has 0 unspecified atom stereocenters. The minimum absolute atomic E-state index is 0.280. The molecule has 0 aliphatic carbocycles. The molecule has 1 fully saturated rings. The van der Waals surface area contributed by atoms with Crippen molar-refractivity contribution in [2.24, 2.45) is 5.10 Å². The highest BCUT2D eigenvalue weighted by atomic mass is 16.5. The third kappa shape index (κ3) is 5.74. The van der Waals surface area contributed by atoms with Crippen molar-refractivity contribution in [2.45, 2.75) is 20.4 Å². The molecule has 38 heavy (non-hydrogen) atoms. The van der Waals surface area contributed by atoms with Crippen LogP contribution in [0.1, 0.15) is 32.6 Å². The molecule has 1 saturated heterocycles. The standard InChI is InChI=1S/C31H32N4O3/c1-21-8-9-22(2)26(16-21)29-18-27(25-6-4-5-7-28(25)33-29)31(36)34-32-19-23-10-11-30(37-3)24(17-23)20-35-12-14-38-15-13-35/h4-11,16-19H,12-15,20H2,1-3H3,(H,34,36)/p+1/b32-19-. The number of benzene rings is 3. The lowest BCUT2D eigenvalue weighted by Crippen LogP contribution is -3.12. The molecule has 5 rings (SSSR count). The van der Waals surface area contributed by atoms with Gasteiger partial charge in [0.25, 0.3) is 5.91 Å². The summed E-state index contributed by atoms with van der Waals surface area (Å²) in [6.45, 7) is 8.46. The average molecular weight is 510 g/mol. The normalized spacial score (nSPS) is 14.2. The number of rotatable bonds is 7. The lowest BCUT2D eigenvalue weighted by Gasteiger charge is -2.24. The first-order chi connectivity index (χ1) is 18.5. The van der Waals surface area contributed by atoms with Crippen LogP contribution in [0.2, 0.25) is 0 Å². The molecule has 0 atom stereocenters. The summed E-state index contributed by atoms with van der Waals surface area (Å²) in [5.41, 5.74) is 10.1. The highest BCUT2D eigenvalue weighted by Crippen LogP contribution is 2.28. The van der Waals surface area contributed by atoms with Crippen molar-refractivity contribution >= 4 is 23.0 Å². The van der Waals surface area contributed by atoms with Gasteiger partial charge < -0.3 is 14.4 Å². The minimum Gasteiger partial charge on any atom is -0.496 e. The topological polar surface area (TPSA) is 77.2 Å². The molecule has 3 aromatic carbocycles. The molecular weight excluding hydrogens is 476 g/mol. The van der Waals surface area contributed by atoms with Gasteiger partial charge in [-0.3, -0.25) is 4.79 Å². The Morgan fingerprint density at radius 3 is 2.71 bits per heavy atom. The number of carbonyl (C=O) groups is 1. The maximum atomic E-state index is 13.3. The Morgan fingerprint density at radius 1 is 1.08 bits per heavy atom. The molecule has 1 aliphatic heterocycles. The number of morpholine rings is 1. The van der Waals surface area contributed by atoms with Crippen LogP contribution in [0.3, 0.4) is 0 Å². The van der Waals surface area contributed by atoms with Crippen molar-refractivity contribution in [3.05, 3.63) is 94.5 Å². The quantitative estimate of drug-likeness (QED) is 0.294. The zero-order chi connectivity index (χ0) is 26.5. The van der Waals surface area contributed by atoms with Gasteiger partial charge in [0.15, 0.2) is 0 Å². The van der Waals surface area contributed by atoms with Crippen LogP contribution in [-0.2, 0) is 11.3 Å². The van der Waals surface area contributed by atoms with Crippen LogP contribution in [0.15, 0.2) is 71.8 Å². The number of hydrogen-bond acceptors (Lipinski definition) is 5. The highest BCUT2D eigenvalue weighted by molar-refractivity contribution is 6.07. The first-order valence-corrected chi connectivity index (χ1v) is 12.9. The van der Waals surface area contributed by atoms with Crippen molar-refractivity contribution in [3.63, 3.8) is 0 Å². The van der Waals surface area contributed by atoms with Crippen LogP contribution >= 0.6 is 0 Å². The third-order valence-corrected chi connectivity index (χ3v) is 6.95. The summed E-state index contributed by atoms with van der Waals surface area (Å²) < 4.78 is 11.1. The van der Waals surface area contributed by atoms with Crippen molar-refractivity contribution in [1.29, 1.82) is 0 Å². The van der Waals surface area contributed by atoms with Crippen LogP contribution in [0, 0.1) is 13.8 Å². The number of nitrogens with zero attached hydrogens (tertiary/aromatic N) is 2. The number of hydrazone groups is 1. The fraction of sp³-hybridized carbons (Fsp3) is 0.258. The van der Waals surface area contributed by atoms with Gasteiger partial charge in [-0.1, -0.05) is 35.9 Å². The second kappa shape index (κ2) is 11.5. The zero-order valence-electron chi connectivity index (χ0n) is 22.1. The summed E-state index contributed by atoms with van der Waals surface area (Å²) in [6, 6.07) is 21.8. The van der Waals surface area contributed by atoms with E-state index in [1.807, 2.05) is 42.5 Å². The van der Waals surface area contributed by atoms with E-state index in [4.69, 9.17) is 14.5 Å². The number of quaternary nitrogens is 1. The predicted molar refractivity (Wildman–Crippen MR) is 150 cm³/mol. The van der Waals surface area contributed by atoms with E-state index < -0.39 is 0 Å². The molecule has 0 radical (unpaired) electrons. The summed E-state index contributed by atoms with van der Waals surface area (Å²) in [5, 5.41) is 5.08. The molecule has 1 aromatic heterocycles. The summed E-state index contributed by atoms with van der Waals surface area (Å²) in [7, 11) is 1.69. The van der Waals surface area contributed by atoms with Crippen LogP contribution in [0.4, 0.5) is 0 Å². The second-order valence-corrected chi connectivity index (χ2v) is 9.70. The number of pyridine rings is 1. The molecule has 0 saturated carbocycles. The maximum Gasteiger partial charge on any atom is 0.272 e. The van der Waals surface area contributed by atoms with E-state index in [1.165, 1.54) is 4.90 Å². The van der Waals surface area contributed by atoms with E-state index in [0.29, 0.717) is 5.56 Å². The number of hydrogen-bond donors (Lipinski definition) is 2. The van der Waals surface area contributed by atoms with Crippen LogP contribution < -0.4 is 15.1 Å². The number of aryl methyl sites for hydroxylation is 2. The van der Waals surface area contributed by atoms with Gasteiger partial charge in [-0.2, -0.15) is 5.10 Å². The molecule has 7 nitrogen and oxygen atoms in total. The lowest BCUT2D eigenvalue weighted by atomic mass is 9.99. The van der Waals surface area contributed by atoms with Crippen LogP contribution in [-0.4, -0.2) is 50.5 Å². The van der Waals surface area contributed by atoms with Gasteiger partial charge in [0, 0.05) is 16.5 Å². The van der Waals surface area contributed by atoms with E-state index >= 15 is 0 Å². The van der Waals surface area contributed by atoms with Crippen molar-refractivity contribution in [1.82, 2.24) is 10.4 Å². The number of nitrogens with one attached hydrogen (secondary N) is 2. The Labute approximate surface area is 223 Å². The Hall–Kier alpha value is -4.07. The first-order valence-electron chi connectivity index (χ1n) is 12.9. The van der Waals surface area contributed by atoms with E-state index in [9.17, 15) is 4.79 Å². The monoisotopic (exact) mass is 509 g/mol. The van der Waals surface area contributed by atoms with E-state index in [2.05, 4.69) is 48.6 Å². The third-order valence-electron chi connectivity index (χ3n) is 6.95. The highest BCUT2D eigenvalue weighted by Gasteiger charge is 2.17. The number of methoxy groups -OCH3 is 1. The minimum atomic E-state index is -0.280. The van der Waals surface area contributed by atoms with Gasteiger partial charge in [0.1, 0.15) is 25.4 Å². The molecule has 194 valence electrons. The Bertz CT molecular complexity index is 1490. The largest absolute Gasteiger partial charge is 0.496 e. The number of ether oxygens (including phenoxy) is 2. The van der Waals surface area contributed by atoms with Crippen molar-refractivity contribution < 1.29 is 19.2 Å². The van der Waals surface area contributed by atoms with Crippen molar-refractivity contribution in [2.75, 3.05) is 33.4 Å². The van der Waals surface area contributed by atoms with E-state index in [1.54, 1.807) is 13.3 Å². The van der Waals surface area contributed by atoms with Crippen molar-refractivity contribution in [3.8, 4) is 17.0 Å². The predicted octanol–water partition coefficient (Wildman–Crippen LogP) is 3.71. The van der Waals surface area contributed by atoms with E-state index in [0.717, 1.165) is 83.0 Å². The Morgan fingerprint density at radius 2 is 1.89 bits per heavy atom. The lowest BCUT2D eigenvalue weighted by molar-refractivity contribution is -0.921. The smallest absolute Gasteiger partial charge is 0.272 e. The molecule has 2 heterocycles. The second-order valence-electron chi connectivity index (χ2n) is 9.70. The van der Waals surface area contributed by atoms with Gasteiger partial charge in [-0.05, 0) is 61.4 Å². The fourth-order valence-corrected chi connectivity index (χ4v) is 4.86. The van der Waals surface area contributed by atoms with Gasteiger partial charge in [-0.25, -0.2) is 10.4 Å². The molecule has 2 N–H and O–H groups in total. The summed E-state index contributed by atoms with van der Waals surface area (Å²) in [6.07, 6.45) is 1.67. The molecule has 7 heteroatoms. The first kappa shape index (κ1) is 25.6. The zero-order valence-corrected chi connectivity index (χ0v) is 22.1. The van der Waals surface area contributed by atoms with Gasteiger partial charge >= 0.3 is 0 Å². The fourth-order valence-electron chi connectivity index (χ4n) is 4.86. The van der Waals surface area contributed by atoms with Crippen LogP contribution in [0.5, 0.6) is 5.75 Å². The van der Waals surface area contributed by atoms with Crippen LogP contribution in [0.25, 0.3) is 22.2 Å². The summed E-state index contributed by atoms with van der Waals surface area (Å²) >= 11 is 0. The number of carbonyl (C=O) groups excluding carboxylic acids is 1. The number of amides is 1. The van der Waals surface area contributed by atoms with Gasteiger partial charge in [0.2, 0.25) is 0 Å². The van der Waals surface area contributed by atoms with Gasteiger partial charge in [-0.15, -0.1) is 0 Å².